The fourth-order valence-corrected chi connectivity index (χ4v) is 3.99. The number of nitrogens with zero attached hydrogens (tertiary/aromatic N) is 3. The van der Waals surface area contributed by atoms with E-state index in [0.29, 0.717) is 59.5 Å². The summed E-state index contributed by atoms with van der Waals surface area (Å²) in [5.74, 6) is 1.44. The molecule has 3 aromatic rings. The number of hydrogen-bond acceptors (Lipinski definition) is 6. The van der Waals surface area contributed by atoms with Gasteiger partial charge in [-0.15, -0.1) is 0 Å². The molecule has 0 saturated carbocycles. The molecule has 4 rings (SSSR count). The molecular weight excluding hydrogens is 456 g/mol. The van der Waals surface area contributed by atoms with Gasteiger partial charge < -0.3 is 24.6 Å². The number of pyridine rings is 1. The van der Waals surface area contributed by atoms with Crippen LogP contribution in [-0.4, -0.2) is 62.1 Å². The number of amides is 2. The number of benzene rings is 2. The van der Waals surface area contributed by atoms with E-state index in [1.54, 1.807) is 54.6 Å². The van der Waals surface area contributed by atoms with Gasteiger partial charge in [0.05, 0.1) is 42.3 Å². The van der Waals surface area contributed by atoms with Crippen LogP contribution in [0.15, 0.2) is 60.8 Å². The molecule has 1 aliphatic heterocycles. The van der Waals surface area contributed by atoms with E-state index in [1.165, 1.54) is 7.11 Å². The van der Waals surface area contributed by atoms with Crippen LogP contribution in [-0.2, 0) is 0 Å². The molecule has 0 bridgehead atoms. The first-order valence-corrected chi connectivity index (χ1v) is 11.2. The molecule has 0 atom stereocenters. The molecular formula is C25H25ClN4O4. The zero-order chi connectivity index (χ0) is 24.1. The Morgan fingerprint density at radius 2 is 1.71 bits per heavy atom. The van der Waals surface area contributed by atoms with Crippen LogP contribution in [0.3, 0.4) is 0 Å². The number of carbonyl (C=O) groups is 2. The number of carbonyl (C=O) groups excluding carboxylic acids is 2. The van der Waals surface area contributed by atoms with Crippen molar-refractivity contribution in [2.45, 2.75) is 0 Å². The molecule has 9 heteroatoms. The highest BCUT2D eigenvalue weighted by Crippen LogP contribution is 2.26. The normalized spacial score (nSPS) is 13.4. The van der Waals surface area contributed by atoms with Crippen LogP contribution in [0.5, 0.6) is 11.5 Å². The van der Waals surface area contributed by atoms with Crippen LogP contribution in [0, 0.1) is 0 Å². The first-order valence-electron chi connectivity index (χ1n) is 10.8. The van der Waals surface area contributed by atoms with E-state index in [1.807, 2.05) is 18.2 Å². The third-order valence-corrected chi connectivity index (χ3v) is 5.98. The minimum Gasteiger partial charge on any atom is -0.497 e. The lowest BCUT2D eigenvalue weighted by molar-refractivity contribution is 0.0746. The largest absolute Gasteiger partial charge is 0.497 e. The average Bonchev–Trinajstić information content (AvgIpc) is 2.88. The molecule has 0 unspecified atom stereocenters. The summed E-state index contributed by atoms with van der Waals surface area (Å²) in [6, 6.07) is 15.8. The third-order valence-electron chi connectivity index (χ3n) is 5.65. The number of methoxy groups -OCH3 is 2. The molecule has 1 aromatic heterocycles. The van der Waals surface area contributed by atoms with Crippen LogP contribution in [0.4, 0.5) is 11.5 Å². The van der Waals surface area contributed by atoms with Crippen molar-refractivity contribution in [1.29, 1.82) is 0 Å². The summed E-state index contributed by atoms with van der Waals surface area (Å²) in [6.45, 7) is 2.44. The fourth-order valence-electron chi connectivity index (χ4n) is 3.78. The molecule has 2 aromatic carbocycles. The van der Waals surface area contributed by atoms with E-state index in [0.717, 1.165) is 5.82 Å². The zero-order valence-electron chi connectivity index (χ0n) is 19.0. The number of hydrogen-bond donors (Lipinski definition) is 1. The number of aromatic nitrogens is 1. The Kier molecular flexibility index (Phi) is 7.18. The monoisotopic (exact) mass is 480 g/mol. The molecule has 0 spiro atoms. The molecule has 1 aliphatic rings. The second-order valence-electron chi connectivity index (χ2n) is 7.68. The summed E-state index contributed by atoms with van der Waals surface area (Å²) in [5.41, 5.74) is 1.48. The molecule has 0 radical (unpaired) electrons. The minimum atomic E-state index is -0.305. The second kappa shape index (κ2) is 10.4. The van der Waals surface area contributed by atoms with Gasteiger partial charge in [-0.05, 0) is 36.4 Å². The molecule has 2 heterocycles. The van der Waals surface area contributed by atoms with Crippen molar-refractivity contribution >= 4 is 34.9 Å². The summed E-state index contributed by atoms with van der Waals surface area (Å²) in [5, 5.41) is 3.30. The van der Waals surface area contributed by atoms with E-state index < -0.39 is 0 Å². The van der Waals surface area contributed by atoms with Gasteiger partial charge in [0, 0.05) is 32.2 Å². The Bertz CT molecular complexity index is 1180. The van der Waals surface area contributed by atoms with Crippen molar-refractivity contribution in [2.24, 2.45) is 0 Å². The van der Waals surface area contributed by atoms with Gasteiger partial charge in [0.15, 0.2) is 0 Å². The topological polar surface area (TPSA) is 84.0 Å². The Morgan fingerprint density at radius 3 is 2.35 bits per heavy atom. The Hall–Kier alpha value is -3.78. The molecule has 34 heavy (non-hydrogen) atoms. The number of nitrogens with one attached hydrogen (secondary N) is 1. The van der Waals surface area contributed by atoms with E-state index in [-0.39, 0.29) is 11.8 Å². The molecule has 8 nitrogen and oxygen atoms in total. The van der Waals surface area contributed by atoms with Crippen LogP contribution in [0.1, 0.15) is 20.7 Å². The predicted molar refractivity (Wildman–Crippen MR) is 131 cm³/mol. The highest BCUT2D eigenvalue weighted by Gasteiger charge is 2.24. The van der Waals surface area contributed by atoms with Gasteiger partial charge in [0.1, 0.15) is 17.3 Å². The first kappa shape index (κ1) is 23.4. The molecule has 2 amide bonds. The van der Waals surface area contributed by atoms with Crippen molar-refractivity contribution < 1.29 is 19.1 Å². The quantitative estimate of drug-likeness (QED) is 0.574. The summed E-state index contributed by atoms with van der Waals surface area (Å²) in [7, 11) is 3.06. The number of anilines is 2. The van der Waals surface area contributed by atoms with Gasteiger partial charge in [0.25, 0.3) is 11.8 Å². The van der Waals surface area contributed by atoms with E-state index >= 15 is 0 Å². The van der Waals surface area contributed by atoms with Crippen molar-refractivity contribution in [3.8, 4) is 11.5 Å². The molecule has 1 N–H and O–H groups in total. The number of halogens is 1. The SMILES string of the molecule is COc1ccc(C(=O)Nc2ccc(N3CCN(C(=O)c4ccccc4Cl)CC3)nc2)c(OC)c1. The van der Waals surface area contributed by atoms with Crippen molar-refractivity contribution in [2.75, 3.05) is 50.6 Å². The van der Waals surface area contributed by atoms with Crippen LogP contribution in [0.2, 0.25) is 5.02 Å². The van der Waals surface area contributed by atoms with Crippen LogP contribution >= 0.6 is 11.6 Å². The zero-order valence-corrected chi connectivity index (χ0v) is 19.7. The maximum absolute atomic E-state index is 12.8. The second-order valence-corrected chi connectivity index (χ2v) is 8.09. The standard InChI is InChI=1S/C25H25ClN4O4/c1-33-18-8-9-20(22(15-18)34-2)24(31)28-17-7-10-23(27-16-17)29-11-13-30(14-12-29)25(32)19-5-3-4-6-21(19)26/h3-10,15-16H,11-14H2,1-2H3,(H,28,31). The Balaban J connectivity index is 1.36. The van der Waals surface area contributed by atoms with Crippen LogP contribution < -0.4 is 19.7 Å². The van der Waals surface area contributed by atoms with E-state index in [2.05, 4.69) is 15.2 Å². The maximum atomic E-state index is 12.8. The maximum Gasteiger partial charge on any atom is 0.259 e. The predicted octanol–water partition coefficient (Wildman–Crippen LogP) is 3.97. The minimum absolute atomic E-state index is 0.0646. The van der Waals surface area contributed by atoms with Gasteiger partial charge in [-0.3, -0.25) is 9.59 Å². The van der Waals surface area contributed by atoms with E-state index in [9.17, 15) is 9.59 Å². The lowest BCUT2D eigenvalue weighted by Crippen LogP contribution is -2.49. The fraction of sp³-hybridized carbons (Fsp3) is 0.240. The average molecular weight is 481 g/mol. The van der Waals surface area contributed by atoms with Crippen molar-refractivity contribution in [3.63, 3.8) is 0 Å². The first-order chi connectivity index (χ1) is 16.5. The third kappa shape index (κ3) is 5.07. The summed E-state index contributed by atoms with van der Waals surface area (Å²) in [4.78, 5) is 33.9. The lowest BCUT2D eigenvalue weighted by Gasteiger charge is -2.35. The number of piperazine rings is 1. The Labute approximate surface area is 203 Å². The van der Waals surface area contributed by atoms with Gasteiger partial charge in [0.2, 0.25) is 0 Å². The van der Waals surface area contributed by atoms with Gasteiger partial charge >= 0.3 is 0 Å². The van der Waals surface area contributed by atoms with E-state index in [4.69, 9.17) is 21.1 Å². The molecule has 1 fully saturated rings. The molecule has 176 valence electrons. The summed E-state index contributed by atoms with van der Waals surface area (Å²) >= 11 is 6.17. The summed E-state index contributed by atoms with van der Waals surface area (Å²) < 4.78 is 10.5. The van der Waals surface area contributed by atoms with Crippen LogP contribution in [0.25, 0.3) is 0 Å². The molecule has 1 saturated heterocycles. The highest BCUT2D eigenvalue weighted by molar-refractivity contribution is 6.33. The van der Waals surface area contributed by atoms with Crippen molar-refractivity contribution in [1.82, 2.24) is 9.88 Å². The van der Waals surface area contributed by atoms with Crippen molar-refractivity contribution in [3.05, 3.63) is 76.9 Å². The van der Waals surface area contributed by atoms with Gasteiger partial charge in [-0.25, -0.2) is 4.98 Å². The lowest BCUT2D eigenvalue weighted by atomic mass is 10.1. The summed E-state index contributed by atoms with van der Waals surface area (Å²) in [6.07, 6.45) is 1.62. The number of ether oxygens (including phenoxy) is 2. The smallest absolute Gasteiger partial charge is 0.259 e. The Morgan fingerprint density at radius 1 is 0.941 bits per heavy atom. The van der Waals surface area contributed by atoms with Gasteiger partial charge in [-0.2, -0.15) is 0 Å². The van der Waals surface area contributed by atoms with Gasteiger partial charge in [-0.1, -0.05) is 23.7 Å². The highest BCUT2D eigenvalue weighted by atomic mass is 35.5. The molecule has 0 aliphatic carbocycles. The number of rotatable bonds is 6.